The van der Waals surface area contributed by atoms with Crippen LogP contribution in [0.1, 0.15) is 38.3 Å². The summed E-state index contributed by atoms with van der Waals surface area (Å²) in [5.41, 5.74) is 0.792. The highest BCUT2D eigenvalue weighted by atomic mass is 79.9. The molecule has 0 bridgehead atoms. The average Bonchev–Trinajstić information content (AvgIpc) is 3.12. The molecule has 1 aliphatic carbocycles. The minimum Gasteiger partial charge on any atom is -0.310 e. The molecule has 17 heavy (non-hydrogen) atoms. The number of nitrogens with one attached hydrogen (secondary N) is 1. The van der Waals surface area contributed by atoms with E-state index in [1.165, 1.54) is 12.8 Å². The molecule has 1 N–H and O–H groups in total. The summed E-state index contributed by atoms with van der Waals surface area (Å²) in [7, 11) is 0. The van der Waals surface area contributed by atoms with Crippen LogP contribution in [-0.4, -0.2) is 6.54 Å². The van der Waals surface area contributed by atoms with Crippen molar-refractivity contribution in [1.82, 2.24) is 5.32 Å². The Hall–Kier alpha value is -0.410. The summed E-state index contributed by atoms with van der Waals surface area (Å²) in [4.78, 5) is 0. The van der Waals surface area contributed by atoms with Gasteiger partial charge in [0.15, 0.2) is 0 Å². The molecule has 3 heteroatoms. The number of hydrogen-bond donors (Lipinski definition) is 1. The molecule has 2 atom stereocenters. The van der Waals surface area contributed by atoms with Gasteiger partial charge in [-0.3, -0.25) is 0 Å². The Bertz CT molecular complexity index is 390. The highest BCUT2D eigenvalue weighted by molar-refractivity contribution is 9.10. The van der Waals surface area contributed by atoms with E-state index in [2.05, 4.69) is 35.1 Å². The summed E-state index contributed by atoms with van der Waals surface area (Å²) >= 11 is 3.42. The van der Waals surface area contributed by atoms with Crippen molar-refractivity contribution in [3.8, 4) is 0 Å². The molecule has 0 spiro atoms. The Morgan fingerprint density at radius 1 is 1.47 bits per heavy atom. The largest absolute Gasteiger partial charge is 0.310 e. The molecule has 94 valence electrons. The molecule has 1 saturated carbocycles. The van der Waals surface area contributed by atoms with Gasteiger partial charge in [0.25, 0.3) is 0 Å². The van der Waals surface area contributed by atoms with E-state index in [-0.39, 0.29) is 11.9 Å². The molecule has 2 unspecified atom stereocenters. The van der Waals surface area contributed by atoms with E-state index >= 15 is 0 Å². The van der Waals surface area contributed by atoms with Gasteiger partial charge in [-0.05, 0) is 49.4 Å². The van der Waals surface area contributed by atoms with Gasteiger partial charge in [-0.15, -0.1) is 0 Å². The molecule has 1 fully saturated rings. The molecule has 1 aliphatic rings. The van der Waals surface area contributed by atoms with Crippen LogP contribution in [-0.2, 0) is 0 Å². The summed E-state index contributed by atoms with van der Waals surface area (Å²) in [5.74, 6) is 1.16. The fourth-order valence-electron chi connectivity index (χ4n) is 2.45. The van der Waals surface area contributed by atoms with Crippen LogP contribution in [0, 0.1) is 17.7 Å². The first-order chi connectivity index (χ1) is 8.13. The Kier molecular flexibility index (Phi) is 4.21. The zero-order valence-electron chi connectivity index (χ0n) is 10.3. The van der Waals surface area contributed by atoms with Crippen molar-refractivity contribution in [2.24, 2.45) is 11.8 Å². The maximum absolute atomic E-state index is 13.9. The second-order valence-corrected chi connectivity index (χ2v) is 5.81. The summed E-state index contributed by atoms with van der Waals surface area (Å²) in [6.07, 6.45) is 2.58. The standard InChI is InChI=1S/C14H19BrFN/c1-3-17-14(9(2)10-4-5-10)12-8-11(15)6-7-13(12)16/h6-10,14,17H,3-5H2,1-2H3. The van der Waals surface area contributed by atoms with E-state index in [0.29, 0.717) is 5.92 Å². The maximum atomic E-state index is 13.9. The van der Waals surface area contributed by atoms with Gasteiger partial charge in [0.1, 0.15) is 5.82 Å². The van der Waals surface area contributed by atoms with Crippen LogP contribution in [0.2, 0.25) is 0 Å². The molecular formula is C14H19BrFN. The zero-order valence-corrected chi connectivity index (χ0v) is 11.9. The first-order valence-electron chi connectivity index (χ1n) is 6.31. The van der Waals surface area contributed by atoms with Crippen LogP contribution in [0.4, 0.5) is 4.39 Å². The Morgan fingerprint density at radius 3 is 2.76 bits per heavy atom. The van der Waals surface area contributed by atoms with Crippen LogP contribution in [0.3, 0.4) is 0 Å². The van der Waals surface area contributed by atoms with Crippen molar-refractivity contribution in [3.63, 3.8) is 0 Å². The smallest absolute Gasteiger partial charge is 0.128 e. The van der Waals surface area contributed by atoms with E-state index in [9.17, 15) is 4.39 Å². The van der Waals surface area contributed by atoms with Gasteiger partial charge in [0, 0.05) is 16.1 Å². The van der Waals surface area contributed by atoms with Gasteiger partial charge >= 0.3 is 0 Å². The number of halogens is 2. The second kappa shape index (κ2) is 5.49. The molecule has 0 saturated heterocycles. The van der Waals surface area contributed by atoms with Crippen LogP contribution in [0.5, 0.6) is 0 Å². The normalized spacial score (nSPS) is 19.1. The zero-order chi connectivity index (χ0) is 12.4. The van der Waals surface area contributed by atoms with Gasteiger partial charge in [-0.1, -0.05) is 29.8 Å². The first-order valence-corrected chi connectivity index (χ1v) is 7.11. The molecule has 0 aromatic heterocycles. The summed E-state index contributed by atoms with van der Waals surface area (Å²) < 4.78 is 14.9. The molecule has 0 heterocycles. The minimum absolute atomic E-state index is 0.105. The SMILES string of the molecule is CCNC(c1cc(Br)ccc1F)C(C)C1CC1. The molecule has 1 aromatic rings. The Morgan fingerprint density at radius 2 is 2.18 bits per heavy atom. The molecule has 2 rings (SSSR count). The fraction of sp³-hybridized carbons (Fsp3) is 0.571. The first kappa shape index (κ1) is 13.0. The van der Waals surface area contributed by atoms with E-state index in [1.807, 2.05) is 6.07 Å². The van der Waals surface area contributed by atoms with Crippen molar-refractivity contribution in [2.75, 3.05) is 6.54 Å². The van der Waals surface area contributed by atoms with Crippen LogP contribution < -0.4 is 5.32 Å². The van der Waals surface area contributed by atoms with E-state index < -0.39 is 0 Å². The maximum Gasteiger partial charge on any atom is 0.128 e. The van der Waals surface area contributed by atoms with Crippen LogP contribution in [0.25, 0.3) is 0 Å². The minimum atomic E-state index is -0.105. The Balaban J connectivity index is 2.27. The van der Waals surface area contributed by atoms with Crippen molar-refractivity contribution < 1.29 is 4.39 Å². The van der Waals surface area contributed by atoms with Gasteiger partial charge in [-0.25, -0.2) is 4.39 Å². The predicted molar refractivity (Wildman–Crippen MR) is 72.4 cm³/mol. The fourth-order valence-corrected chi connectivity index (χ4v) is 2.82. The second-order valence-electron chi connectivity index (χ2n) is 4.90. The highest BCUT2D eigenvalue weighted by Gasteiger charge is 2.34. The van der Waals surface area contributed by atoms with E-state index in [0.717, 1.165) is 22.5 Å². The van der Waals surface area contributed by atoms with E-state index in [1.54, 1.807) is 12.1 Å². The monoisotopic (exact) mass is 299 g/mol. The third kappa shape index (κ3) is 3.08. The van der Waals surface area contributed by atoms with Gasteiger partial charge in [0.05, 0.1) is 0 Å². The van der Waals surface area contributed by atoms with Gasteiger partial charge in [-0.2, -0.15) is 0 Å². The number of rotatable bonds is 5. The lowest BCUT2D eigenvalue weighted by molar-refractivity contribution is 0.345. The molecule has 0 amide bonds. The predicted octanol–water partition coefficient (Wildman–Crippen LogP) is 4.28. The lowest BCUT2D eigenvalue weighted by Gasteiger charge is -2.26. The van der Waals surface area contributed by atoms with Crippen molar-refractivity contribution in [1.29, 1.82) is 0 Å². The topological polar surface area (TPSA) is 12.0 Å². The quantitative estimate of drug-likeness (QED) is 0.855. The lowest BCUT2D eigenvalue weighted by atomic mass is 9.90. The van der Waals surface area contributed by atoms with Crippen molar-refractivity contribution in [3.05, 3.63) is 34.1 Å². The average molecular weight is 300 g/mol. The third-order valence-corrected chi connectivity index (χ3v) is 4.10. The van der Waals surface area contributed by atoms with Crippen LogP contribution >= 0.6 is 15.9 Å². The summed E-state index contributed by atoms with van der Waals surface area (Å²) in [6.45, 7) is 5.17. The van der Waals surface area contributed by atoms with Gasteiger partial charge in [0.2, 0.25) is 0 Å². The molecule has 0 radical (unpaired) electrons. The molecule has 1 aromatic carbocycles. The Labute approximate surface area is 111 Å². The summed E-state index contributed by atoms with van der Waals surface area (Å²) in [6, 6.07) is 5.33. The van der Waals surface area contributed by atoms with Crippen LogP contribution in [0.15, 0.2) is 22.7 Å². The molecular weight excluding hydrogens is 281 g/mol. The van der Waals surface area contributed by atoms with E-state index in [4.69, 9.17) is 0 Å². The van der Waals surface area contributed by atoms with Crippen molar-refractivity contribution in [2.45, 2.75) is 32.7 Å². The van der Waals surface area contributed by atoms with Gasteiger partial charge < -0.3 is 5.32 Å². The van der Waals surface area contributed by atoms with Crippen molar-refractivity contribution >= 4 is 15.9 Å². The third-order valence-electron chi connectivity index (χ3n) is 3.61. The lowest BCUT2D eigenvalue weighted by Crippen LogP contribution is -2.28. The molecule has 1 nitrogen and oxygen atoms in total. The summed E-state index contributed by atoms with van der Waals surface area (Å²) in [5, 5.41) is 3.43. The number of benzene rings is 1. The number of hydrogen-bond acceptors (Lipinski definition) is 1. The highest BCUT2D eigenvalue weighted by Crippen LogP contribution is 2.43. The molecule has 0 aliphatic heterocycles.